The van der Waals surface area contributed by atoms with E-state index in [2.05, 4.69) is 5.32 Å². The van der Waals surface area contributed by atoms with Crippen LogP contribution < -0.4 is 5.32 Å². The summed E-state index contributed by atoms with van der Waals surface area (Å²) in [5, 5.41) is 12.3. The summed E-state index contributed by atoms with van der Waals surface area (Å²) in [5.41, 5.74) is -0.230. The maximum atomic E-state index is 12.8. The molecule has 21 heavy (non-hydrogen) atoms. The highest BCUT2D eigenvalue weighted by molar-refractivity contribution is 5.87. The Morgan fingerprint density at radius 3 is 2.00 bits per heavy atom. The van der Waals surface area contributed by atoms with Crippen molar-refractivity contribution in [1.82, 2.24) is 5.32 Å². The quantitative estimate of drug-likeness (QED) is 0.818. The summed E-state index contributed by atoms with van der Waals surface area (Å²) in [6, 6.07) is -0.669. The molecule has 0 aromatic rings. The number of carbonyl (C=O) groups excluding carboxylic acids is 1. The average molecular weight is 291 g/mol. The van der Waals surface area contributed by atoms with Crippen LogP contribution in [0, 0.1) is 29.1 Å². The fraction of sp³-hybridized carbons (Fsp3) is 0.882. The predicted octanol–water partition coefficient (Wildman–Crippen LogP) is 2.57. The second-order valence-electron chi connectivity index (χ2n) is 8.24. The van der Waals surface area contributed by atoms with Crippen molar-refractivity contribution in [3.63, 3.8) is 0 Å². The first kappa shape index (κ1) is 13.6. The van der Waals surface area contributed by atoms with Gasteiger partial charge in [-0.05, 0) is 68.6 Å². The molecule has 0 aliphatic heterocycles. The van der Waals surface area contributed by atoms with Crippen molar-refractivity contribution in [3.05, 3.63) is 0 Å². The van der Waals surface area contributed by atoms with Gasteiger partial charge in [-0.15, -0.1) is 0 Å². The highest BCUT2D eigenvalue weighted by Gasteiger charge is 2.55. The van der Waals surface area contributed by atoms with Gasteiger partial charge in [0.25, 0.3) is 0 Å². The Morgan fingerprint density at radius 2 is 1.57 bits per heavy atom. The van der Waals surface area contributed by atoms with Gasteiger partial charge in [0.05, 0.1) is 0 Å². The molecule has 4 nitrogen and oxygen atoms in total. The molecule has 5 saturated carbocycles. The van der Waals surface area contributed by atoms with Crippen molar-refractivity contribution >= 4 is 11.9 Å². The third kappa shape index (κ3) is 2.47. The van der Waals surface area contributed by atoms with Gasteiger partial charge in [-0.25, -0.2) is 4.79 Å². The topological polar surface area (TPSA) is 66.4 Å². The van der Waals surface area contributed by atoms with E-state index >= 15 is 0 Å². The van der Waals surface area contributed by atoms with Gasteiger partial charge in [0.2, 0.25) is 5.91 Å². The highest BCUT2D eigenvalue weighted by atomic mass is 16.4. The number of carbonyl (C=O) groups is 2. The highest BCUT2D eigenvalue weighted by Crippen LogP contribution is 2.60. The van der Waals surface area contributed by atoms with Gasteiger partial charge in [0.15, 0.2) is 0 Å². The zero-order valence-corrected chi connectivity index (χ0v) is 12.5. The van der Waals surface area contributed by atoms with Crippen LogP contribution in [-0.4, -0.2) is 23.0 Å². The molecular formula is C17H25NO3. The molecule has 4 heteroatoms. The van der Waals surface area contributed by atoms with Crippen LogP contribution in [0.3, 0.4) is 0 Å². The maximum absolute atomic E-state index is 12.8. The third-order valence-corrected chi connectivity index (χ3v) is 6.39. The SMILES string of the molecule is O=C(O)[C@H](CC1CC1)NC(=O)C12CC3CC(CC(C3)C1)C2. The van der Waals surface area contributed by atoms with E-state index in [1.807, 2.05) is 0 Å². The van der Waals surface area contributed by atoms with Crippen molar-refractivity contribution in [1.29, 1.82) is 0 Å². The third-order valence-electron chi connectivity index (χ3n) is 6.39. The smallest absolute Gasteiger partial charge is 0.326 e. The molecule has 0 aromatic carbocycles. The Bertz CT molecular complexity index is 433. The first-order chi connectivity index (χ1) is 10.0. The first-order valence-electron chi connectivity index (χ1n) is 8.58. The summed E-state index contributed by atoms with van der Waals surface area (Å²) in [6.07, 6.45) is 9.77. The molecule has 5 fully saturated rings. The molecule has 5 rings (SSSR count). The fourth-order valence-corrected chi connectivity index (χ4v) is 5.61. The molecule has 5 aliphatic carbocycles. The van der Waals surface area contributed by atoms with Gasteiger partial charge >= 0.3 is 5.97 Å². The lowest BCUT2D eigenvalue weighted by molar-refractivity contribution is -0.151. The van der Waals surface area contributed by atoms with E-state index in [9.17, 15) is 14.7 Å². The minimum atomic E-state index is -0.861. The summed E-state index contributed by atoms with van der Waals surface area (Å²) < 4.78 is 0. The second kappa shape index (κ2) is 4.72. The Labute approximate surface area is 125 Å². The lowest BCUT2D eigenvalue weighted by atomic mass is 9.49. The lowest BCUT2D eigenvalue weighted by Gasteiger charge is -2.55. The summed E-state index contributed by atoms with van der Waals surface area (Å²) in [4.78, 5) is 24.2. The first-order valence-corrected chi connectivity index (χ1v) is 8.58. The summed E-state index contributed by atoms with van der Waals surface area (Å²) >= 11 is 0. The Morgan fingerprint density at radius 1 is 1.05 bits per heavy atom. The van der Waals surface area contributed by atoms with E-state index < -0.39 is 12.0 Å². The van der Waals surface area contributed by atoms with Crippen molar-refractivity contribution in [2.24, 2.45) is 29.1 Å². The molecule has 0 heterocycles. The van der Waals surface area contributed by atoms with Crippen LogP contribution in [0.1, 0.15) is 57.8 Å². The monoisotopic (exact) mass is 291 g/mol. The zero-order valence-electron chi connectivity index (χ0n) is 12.5. The number of nitrogens with one attached hydrogen (secondary N) is 1. The Balaban J connectivity index is 1.47. The van der Waals surface area contributed by atoms with E-state index in [0.29, 0.717) is 30.1 Å². The van der Waals surface area contributed by atoms with Crippen LogP contribution in [0.25, 0.3) is 0 Å². The number of aliphatic carboxylic acids is 1. The van der Waals surface area contributed by atoms with Gasteiger partial charge in [0, 0.05) is 5.41 Å². The van der Waals surface area contributed by atoms with Gasteiger partial charge in [-0.1, -0.05) is 12.8 Å². The minimum absolute atomic E-state index is 0.0506. The number of hydrogen-bond donors (Lipinski definition) is 2. The van der Waals surface area contributed by atoms with E-state index in [1.165, 1.54) is 19.3 Å². The molecular weight excluding hydrogens is 266 g/mol. The van der Waals surface area contributed by atoms with Crippen LogP contribution >= 0.6 is 0 Å². The maximum Gasteiger partial charge on any atom is 0.326 e. The van der Waals surface area contributed by atoms with Crippen LogP contribution in [0.15, 0.2) is 0 Å². The van der Waals surface area contributed by atoms with Crippen molar-refractivity contribution in [3.8, 4) is 0 Å². The molecule has 0 radical (unpaired) electrons. The minimum Gasteiger partial charge on any atom is -0.480 e. The molecule has 4 bridgehead atoms. The fourth-order valence-electron chi connectivity index (χ4n) is 5.61. The van der Waals surface area contributed by atoms with Crippen LogP contribution in [0.2, 0.25) is 0 Å². The number of hydrogen-bond acceptors (Lipinski definition) is 2. The number of amides is 1. The summed E-state index contributed by atoms with van der Waals surface area (Å²) in [5.74, 6) is 1.86. The van der Waals surface area contributed by atoms with Gasteiger partial charge in [-0.2, -0.15) is 0 Å². The van der Waals surface area contributed by atoms with E-state index in [1.54, 1.807) is 0 Å². The van der Waals surface area contributed by atoms with Crippen molar-refractivity contribution < 1.29 is 14.7 Å². The van der Waals surface area contributed by atoms with Crippen molar-refractivity contribution in [2.75, 3.05) is 0 Å². The second-order valence-corrected chi connectivity index (χ2v) is 8.24. The Hall–Kier alpha value is -1.06. The van der Waals surface area contributed by atoms with E-state index in [0.717, 1.165) is 32.1 Å². The van der Waals surface area contributed by atoms with Gasteiger partial charge in [0.1, 0.15) is 6.04 Å². The van der Waals surface area contributed by atoms with Crippen LogP contribution in [-0.2, 0) is 9.59 Å². The summed E-state index contributed by atoms with van der Waals surface area (Å²) in [6.45, 7) is 0. The lowest BCUT2D eigenvalue weighted by Crippen LogP contribution is -2.56. The van der Waals surface area contributed by atoms with Crippen molar-refractivity contribution in [2.45, 2.75) is 63.8 Å². The van der Waals surface area contributed by atoms with Gasteiger partial charge in [-0.3, -0.25) is 4.79 Å². The normalized spacial score (nSPS) is 41.8. The van der Waals surface area contributed by atoms with Crippen LogP contribution in [0.4, 0.5) is 0 Å². The average Bonchev–Trinajstić information content (AvgIpc) is 3.20. The van der Waals surface area contributed by atoms with E-state index in [4.69, 9.17) is 0 Å². The number of carboxylic acids is 1. The number of carboxylic acid groups (broad SMARTS) is 1. The molecule has 0 saturated heterocycles. The zero-order chi connectivity index (χ0) is 14.6. The molecule has 5 aliphatic rings. The van der Waals surface area contributed by atoms with Gasteiger partial charge < -0.3 is 10.4 Å². The molecule has 0 aromatic heterocycles. The molecule has 1 atom stereocenters. The number of rotatable bonds is 5. The molecule has 0 unspecified atom stereocenters. The molecule has 0 spiro atoms. The standard InChI is InChI=1S/C17H25NO3/c19-15(20)14(6-10-1-2-10)18-16(21)17-7-11-3-12(8-17)5-13(4-11)9-17/h10-14H,1-9H2,(H,18,21)(H,19,20)/t11?,12?,13?,14-,17?/m0/s1. The predicted molar refractivity (Wildman–Crippen MR) is 77.5 cm³/mol. The van der Waals surface area contributed by atoms with E-state index in [-0.39, 0.29) is 11.3 Å². The summed E-state index contributed by atoms with van der Waals surface area (Å²) in [7, 11) is 0. The molecule has 116 valence electrons. The largest absolute Gasteiger partial charge is 0.480 e. The molecule has 2 N–H and O–H groups in total. The Kier molecular flexibility index (Phi) is 3.05. The van der Waals surface area contributed by atoms with Crippen LogP contribution in [0.5, 0.6) is 0 Å². The molecule has 1 amide bonds.